The second-order valence-electron chi connectivity index (χ2n) is 5.25. The van der Waals surface area contributed by atoms with Gasteiger partial charge in [-0.05, 0) is 30.5 Å². The molecule has 0 heterocycles. The number of nitrogens with one attached hydrogen (secondary N) is 1. The van der Waals surface area contributed by atoms with E-state index in [1.807, 2.05) is 6.07 Å². The molecule has 1 aromatic carbocycles. The highest BCUT2D eigenvalue weighted by molar-refractivity contribution is 6.42. The van der Waals surface area contributed by atoms with Crippen LogP contribution in [0.4, 0.5) is 0 Å². The monoisotopic (exact) mass is 333 g/mol. The van der Waals surface area contributed by atoms with E-state index in [0.717, 1.165) is 31.2 Å². The van der Waals surface area contributed by atoms with E-state index in [2.05, 4.69) is 5.32 Å². The van der Waals surface area contributed by atoms with Gasteiger partial charge in [-0.3, -0.25) is 4.79 Å². The number of halogens is 3. The Bertz CT molecular complexity index is 478. The van der Waals surface area contributed by atoms with Crippen LogP contribution in [0, 0.1) is 0 Å². The van der Waals surface area contributed by atoms with Gasteiger partial charge in [0.2, 0.25) is 5.91 Å². The van der Waals surface area contributed by atoms with Gasteiger partial charge in [0.05, 0.1) is 21.8 Å². The summed E-state index contributed by atoms with van der Waals surface area (Å²) in [5.41, 5.74) is 0.858. The Morgan fingerprint density at radius 1 is 1.15 bits per heavy atom. The third-order valence-corrected chi connectivity index (χ3v) is 4.89. The first-order valence-corrected chi connectivity index (χ1v) is 8.13. The molecule has 1 aromatic rings. The molecule has 0 aliphatic heterocycles. The molecule has 2 unspecified atom stereocenters. The van der Waals surface area contributed by atoms with Crippen molar-refractivity contribution < 1.29 is 4.79 Å². The molecule has 0 radical (unpaired) electrons. The van der Waals surface area contributed by atoms with Crippen molar-refractivity contribution in [1.82, 2.24) is 5.32 Å². The first-order chi connectivity index (χ1) is 9.56. The van der Waals surface area contributed by atoms with Crippen molar-refractivity contribution in [3.05, 3.63) is 33.8 Å². The van der Waals surface area contributed by atoms with Gasteiger partial charge in [-0.15, -0.1) is 11.6 Å². The molecule has 1 aliphatic carbocycles. The van der Waals surface area contributed by atoms with Crippen molar-refractivity contribution in [2.75, 3.05) is 0 Å². The first kappa shape index (κ1) is 15.9. The summed E-state index contributed by atoms with van der Waals surface area (Å²) in [5, 5.41) is 4.06. The minimum Gasteiger partial charge on any atom is -0.352 e. The fourth-order valence-electron chi connectivity index (χ4n) is 2.52. The molecule has 1 fully saturated rings. The maximum atomic E-state index is 12.1. The third kappa shape index (κ3) is 4.54. The number of carbonyl (C=O) groups excluding carboxylic acids is 1. The van der Waals surface area contributed by atoms with E-state index >= 15 is 0 Å². The summed E-state index contributed by atoms with van der Waals surface area (Å²) in [5.74, 6) is -0.0130. The van der Waals surface area contributed by atoms with Crippen LogP contribution in [0.25, 0.3) is 0 Å². The van der Waals surface area contributed by atoms with E-state index in [1.54, 1.807) is 12.1 Å². The van der Waals surface area contributed by atoms with Crippen molar-refractivity contribution in [3.63, 3.8) is 0 Å². The average molecular weight is 335 g/mol. The maximum absolute atomic E-state index is 12.1. The van der Waals surface area contributed by atoms with Crippen molar-refractivity contribution >= 4 is 40.7 Å². The number of hydrogen-bond acceptors (Lipinski definition) is 1. The summed E-state index contributed by atoms with van der Waals surface area (Å²) in [4.78, 5) is 12.1. The second-order valence-corrected chi connectivity index (χ2v) is 6.63. The van der Waals surface area contributed by atoms with Crippen LogP contribution >= 0.6 is 34.8 Å². The van der Waals surface area contributed by atoms with Gasteiger partial charge in [-0.2, -0.15) is 0 Å². The van der Waals surface area contributed by atoms with Crippen LogP contribution < -0.4 is 5.32 Å². The van der Waals surface area contributed by atoms with Gasteiger partial charge in [0.1, 0.15) is 0 Å². The Labute approximate surface area is 134 Å². The number of carbonyl (C=O) groups is 1. The zero-order valence-electron chi connectivity index (χ0n) is 11.2. The zero-order chi connectivity index (χ0) is 14.5. The highest BCUT2D eigenvalue weighted by atomic mass is 35.5. The summed E-state index contributed by atoms with van der Waals surface area (Å²) in [6.07, 6.45) is 5.70. The molecular weight excluding hydrogens is 317 g/mol. The smallest absolute Gasteiger partial charge is 0.224 e. The predicted octanol–water partition coefficient (Wildman–Crippen LogP) is 4.59. The van der Waals surface area contributed by atoms with Crippen LogP contribution in [0.15, 0.2) is 18.2 Å². The summed E-state index contributed by atoms with van der Waals surface area (Å²) in [6.45, 7) is 0. The van der Waals surface area contributed by atoms with Gasteiger partial charge >= 0.3 is 0 Å². The van der Waals surface area contributed by atoms with Crippen LogP contribution in [-0.2, 0) is 11.2 Å². The van der Waals surface area contributed by atoms with Gasteiger partial charge in [-0.25, -0.2) is 0 Å². The summed E-state index contributed by atoms with van der Waals surface area (Å²) < 4.78 is 0. The molecule has 0 spiro atoms. The first-order valence-electron chi connectivity index (χ1n) is 6.93. The zero-order valence-corrected chi connectivity index (χ0v) is 13.4. The Hall–Kier alpha value is -0.440. The Morgan fingerprint density at radius 3 is 2.65 bits per heavy atom. The lowest BCUT2D eigenvalue weighted by molar-refractivity contribution is -0.121. The molecule has 2 nitrogen and oxygen atoms in total. The molecule has 1 N–H and O–H groups in total. The average Bonchev–Trinajstić information content (AvgIpc) is 2.59. The number of hydrogen-bond donors (Lipinski definition) is 1. The van der Waals surface area contributed by atoms with E-state index in [9.17, 15) is 4.79 Å². The van der Waals surface area contributed by atoms with E-state index in [4.69, 9.17) is 34.8 Å². The lowest BCUT2D eigenvalue weighted by atomic mass is 10.1. The molecule has 2 atom stereocenters. The fraction of sp³-hybridized carbons (Fsp3) is 0.533. The molecule has 0 saturated heterocycles. The Kier molecular flexibility index (Phi) is 6.01. The SMILES string of the molecule is O=C(Cc1ccc(Cl)c(Cl)c1)NC1CCCCCC1Cl. The van der Waals surface area contributed by atoms with Crippen molar-refractivity contribution in [2.24, 2.45) is 0 Å². The number of rotatable bonds is 3. The van der Waals surface area contributed by atoms with Crippen LogP contribution in [0.2, 0.25) is 10.0 Å². The molecule has 0 aromatic heterocycles. The second kappa shape index (κ2) is 7.53. The molecule has 110 valence electrons. The van der Waals surface area contributed by atoms with Crippen LogP contribution in [-0.4, -0.2) is 17.3 Å². The summed E-state index contributed by atoms with van der Waals surface area (Å²) >= 11 is 18.1. The van der Waals surface area contributed by atoms with Gasteiger partial charge in [0, 0.05) is 6.04 Å². The summed E-state index contributed by atoms with van der Waals surface area (Å²) in [6, 6.07) is 5.34. The van der Waals surface area contributed by atoms with Crippen molar-refractivity contribution in [2.45, 2.75) is 49.9 Å². The number of benzene rings is 1. The van der Waals surface area contributed by atoms with Gasteiger partial charge in [0.25, 0.3) is 0 Å². The van der Waals surface area contributed by atoms with Gasteiger partial charge in [-0.1, -0.05) is 48.5 Å². The number of amides is 1. The Morgan fingerprint density at radius 2 is 1.90 bits per heavy atom. The minimum absolute atomic E-state index is 0.0130. The molecule has 5 heteroatoms. The quantitative estimate of drug-likeness (QED) is 0.635. The van der Waals surface area contributed by atoms with Crippen LogP contribution in [0.1, 0.15) is 37.7 Å². The summed E-state index contributed by atoms with van der Waals surface area (Å²) in [7, 11) is 0. The third-order valence-electron chi connectivity index (χ3n) is 3.63. The van der Waals surface area contributed by atoms with Crippen molar-refractivity contribution in [1.29, 1.82) is 0 Å². The van der Waals surface area contributed by atoms with Crippen LogP contribution in [0.5, 0.6) is 0 Å². The van der Waals surface area contributed by atoms with E-state index in [-0.39, 0.29) is 17.3 Å². The highest BCUT2D eigenvalue weighted by Crippen LogP contribution is 2.24. The van der Waals surface area contributed by atoms with E-state index in [0.29, 0.717) is 16.5 Å². The van der Waals surface area contributed by atoms with Crippen LogP contribution in [0.3, 0.4) is 0 Å². The van der Waals surface area contributed by atoms with E-state index in [1.165, 1.54) is 6.42 Å². The molecule has 1 aliphatic rings. The minimum atomic E-state index is -0.0130. The predicted molar refractivity (Wildman–Crippen MR) is 84.8 cm³/mol. The molecule has 0 bridgehead atoms. The highest BCUT2D eigenvalue weighted by Gasteiger charge is 2.23. The molecular formula is C15H18Cl3NO. The number of alkyl halides is 1. The van der Waals surface area contributed by atoms with Gasteiger partial charge in [0.15, 0.2) is 0 Å². The Balaban J connectivity index is 1.92. The normalized spacial score (nSPS) is 23.1. The maximum Gasteiger partial charge on any atom is 0.224 e. The molecule has 1 amide bonds. The van der Waals surface area contributed by atoms with E-state index < -0.39 is 0 Å². The standard InChI is InChI=1S/C15H18Cl3NO/c16-11-7-6-10(8-13(11)18)9-15(20)19-14-5-3-1-2-4-12(14)17/h6-8,12,14H,1-5,9H2,(H,19,20). The topological polar surface area (TPSA) is 29.1 Å². The lowest BCUT2D eigenvalue weighted by Gasteiger charge is -2.21. The van der Waals surface area contributed by atoms with Crippen molar-refractivity contribution in [3.8, 4) is 0 Å². The molecule has 1 saturated carbocycles. The largest absolute Gasteiger partial charge is 0.352 e. The molecule has 20 heavy (non-hydrogen) atoms. The molecule has 2 rings (SSSR count). The fourth-order valence-corrected chi connectivity index (χ4v) is 3.18. The lowest BCUT2D eigenvalue weighted by Crippen LogP contribution is -2.41. The van der Waals surface area contributed by atoms with Gasteiger partial charge < -0.3 is 5.32 Å².